The number of thioether (sulfide) groups is 1. The lowest BCUT2D eigenvalue weighted by atomic mass is 9.95. The monoisotopic (exact) mass is 414 g/mol. The summed E-state index contributed by atoms with van der Waals surface area (Å²) in [5.41, 5.74) is 1.68. The maximum atomic E-state index is 12.8. The molecular formula is C22H26N2O4S. The number of hydrogen-bond donors (Lipinski definition) is 1. The Kier molecular flexibility index (Phi) is 6.07. The summed E-state index contributed by atoms with van der Waals surface area (Å²) in [4.78, 5) is 27.1. The summed E-state index contributed by atoms with van der Waals surface area (Å²) in [6.07, 6.45) is 0. The van der Waals surface area contributed by atoms with E-state index in [2.05, 4.69) is 5.32 Å². The molecule has 0 radical (unpaired) electrons. The number of amides is 2. The van der Waals surface area contributed by atoms with E-state index in [1.54, 1.807) is 37.3 Å². The van der Waals surface area contributed by atoms with Gasteiger partial charge in [-0.3, -0.25) is 14.5 Å². The highest BCUT2D eigenvalue weighted by Gasteiger charge is 2.37. The van der Waals surface area contributed by atoms with Crippen molar-refractivity contribution in [2.24, 2.45) is 5.41 Å². The minimum absolute atomic E-state index is 0.0245. The Morgan fingerprint density at radius 1 is 1.14 bits per heavy atom. The summed E-state index contributed by atoms with van der Waals surface area (Å²) in [6, 6.07) is 13.0. The van der Waals surface area contributed by atoms with Crippen LogP contribution in [0.1, 0.15) is 31.7 Å². The predicted octanol–water partition coefficient (Wildman–Crippen LogP) is 4.47. The van der Waals surface area contributed by atoms with Crippen LogP contribution in [0.4, 0.5) is 11.4 Å². The predicted molar refractivity (Wildman–Crippen MR) is 117 cm³/mol. The lowest BCUT2D eigenvalue weighted by molar-refractivity contribution is -0.123. The molecule has 0 spiro atoms. The van der Waals surface area contributed by atoms with Crippen molar-refractivity contribution >= 4 is 35.0 Å². The van der Waals surface area contributed by atoms with Crippen LogP contribution in [0.25, 0.3) is 0 Å². The van der Waals surface area contributed by atoms with Gasteiger partial charge in [0.1, 0.15) is 16.9 Å². The Morgan fingerprint density at radius 2 is 1.86 bits per heavy atom. The SMILES string of the molecule is COc1ccc(OC)c(N2C(=O)CSC2c2ccccc2NC(=O)C(C)(C)C)c1. The number of carbonyl (C=O) groups excluding carboxylic acids is 2. The van der Waals surface area contributed by atoms with Crippen molar-refractivity contribution in [3.8, 4) is 11.5 Å². The first-order valence-electron chi connectivity index (χ1n) is 9.32. The topological polar surface area (TPSA) is 67.9 Å². The van der Waals surface area contributed by atoms with Crippen molar-refractivity contribution in [2.45, 2.75) is 26.1 Å². The van der Waals surface area contributed by atoms with Gasteiger partial charge in [0.25, 0.3) is 0 Å². The number of hydrogen-bond acceptors (Lipinski definition) is 5. The number of methoxy groups -OCH3 is 2. The third-order valence-corrected chi connectivity index (χ3v) is 5.86. The maximum absolute atomic E-state index is 12.8. The van der Waals surface area contributed by atoms with E-state index in [-0.39, 0.29) is 17.2 Å². The largest absolute Gasteiger partial charge is 0.497 e. The number of anilines is 2. The highest BCUT2D eigenvalue weighted by molar-refractivity contribution is 8.00. The number of ether oxygens (including phenoxy) is 2. The van der Waals surface area contributed by atoms with E-state index in [1.807, 2.05) is 45.0 Å². The average molecular weight is 415 g/mol. The molecule has 0 aromatic heterocycles. The smallest absolute Gasteiger partial charge is 0.238 e. The number of carbonyl (C=O) groups is 2. The van der Waals surface area contributed by atoms with E-state index in [0.29, 0.717) is 28.6 Å². The van der Waals surface area contributed by atoms with Gasteiger partial charge in [0.2, 0.25) is 11.8 Å². The van der Waals surface area contributed by atoms with Gasteiger partial charge in [-0.15, -0.1) is 11.8 Å². The van der Waals surface area contributed by atoms with E-state index in [1.165, 1.54) is 11.8 Å². The van der Waals surface area contributed by atoms with Gasteiger partial charge >= 0.3 is 0 Å². The third-order valence-electron chi connectivity index (χ3n) is 4.67. The standard InChI is InChI=1S/C22H26N2O4S/c1-22(2,3)21(26)23-16-9-7-6-8-15(16)20-24(19(25)13-29-20)17-12-14(27-4)10-11-18(17)28-5/h6-12,20H,13H2,1-5H3,(H,23,26). The molecule has 154 valence electrons. The Labute approximate surface area is 175 Å². The molecule has 2 aromatic rings. The van der Waals surface area contributed by atoms with Crippen LogP contribution in [-0.4, -0.2) is 31.8 Å². The van der Waals surface area contributed by atoms with Gasteiger partial charge in [0, 0.05) is 22.7 Å². The molecule has 1 atom stereocenters. The fourth-order valence-corrected chi connectivity index (χ4v) is 4.24. The molecule has 29 heavy (non-hydrogen) atoms. The minimum Gasteiger partial charge on any atom is -0.497 e. The van der Waals surface area contributed by atoms with Gasteiger partial charge in [-0.1, -0.05) is 39.0 Å². The Balaban J connectivity index is 2.04. The van der Waals surface area contributed by atoms with Crippen LogP contribution in [-0.2, 0) is 9.59 Å². The van der Waals surface area contributed by atoms with Crippen LogP contribution in [0.15, 0.2) is 42.5 Å². The van der Waals surface area contributed by atoms with Crippen LogP contribution in [0.2, 0.25) is 0 Å². The summed E-state index contributed by atoms with van der Waals surface area (Å²) in [7, 11) is 3.16. The molecule has 1 N–H and O–H groups in total. The lowest BCUT2D eigenvalue weighted by Crippen LogP contribution is -2.31. The van der Waals surface area contributed by atoms with E-state index in [9.17, 15) is 9.59 Å². The minimum atomic E-state index is -0.526. The summed E-state index contributed by atoms with van der Waals surface area (Å²) in [5.74, 6) is 1.46. The second kappa shape index (κ2) is 8.37. The Hall–Kier alpha value is -2.67. The third kappa shape index (κ3) is 4.34. The van der Waals surface area contributed by atoms with Crippen molar-refractivity contribution in [3.63, 3.8) is 0 Å². The molecule has 1 aliphatic rings. The van der Waals surface area contributed by atoms with Gasteiger partial charge in [0.05, 0.1) is 25.7 Å². The lowest BCUT2D eigenvalue weighted by Gasteiger charge is -2.28. The average Bonchev–Trinajstić information content (AvgIpc) is 3.08. The molecule has 7 heteroatoms. The molecule has 0 bridgehead atoms. The highest BCUT2D eigenvalue weighted by Crippen LogP contribution is 2.47. The highest BCUT2D eigenvalue weighted by atomic mass is 32.2. The van der Waals surface area contributed by atoms with Gasteiger partial charge < -0.3 is 14.8 Å². The molecule has 1 saturated heterocycles. The fourth-order valence-electron chi connectivity index (χ4n) is 3.04. The molecule has 2 aromatic carbocycles. The maximum Gasteiger partial charge on any atom is 0.238 e. The van der Waals surface area contributed by atoms with Gasteiger partial charge in [0.15, 0.2) is 0 Å². The van der Waals surface area contributed by atoms with Crippen molar-refractivity contribution in [1.82, 2.24) is 0 Å². The van der Waals surface area contributed by atoms with Crippen molar-refractivity contribution < 1.29 is 19.1 Å². The summed E-state index contributed by atoms with van der Waals surface area (Å²) >= 11 is 1.52. The first kappa shape index (κ1) is 21.0. The first-order valence-corrected chi connectivity index (χ1v) is 10.4. The second-order valence-electron chi connectivity index (χ2n) is 7.76. The van der Waals surface area contributed by atoms with E-state index in [4.69, 9.17) is 9.47 Å². The quantitative estimate of drug-likeness (QED) is 0.782. The molecular weight excluding hydrogens is 388 g/mol. The van der Waals surface area contributed by atoms with Gasteiger partial charge in [-0.05, 0) is 18.2 Å². The van der Waals surface area contributed by atoms with Crippen molar-refractivity contribution in [2.75, 3.05) is 30.2 Å². The summed E-state index contributed by atoms with van der Waals surface area (Å²) in [6.45, 7) is 5.60. The molecule has 3 rings (SSSR count). The van der Waals surface area contributed by atoms with Crippen LogP contribution in [0, 0.1) is 5.41 Å². The first-order chi connectivity index (χ1) is 13.8. The van der Waals surface area contributed by atoms with Crippen LogP contribution in [0.5, 0.6) is 11.5 Å². The number of para-hydroxylation sites is 1. The number of benzene rings is 2. The normalized spacial score (nSPS) is 16.7. The van der Waals surface area contributed by atoms with E-state index < -0.39 is 5.41 Å². The van der Waals surface area contributed by atoms with Crippen molar-refractivity contribution in [1.29, 1.82) is 0 Å². The molecule has 1 aliphatic heterocycles. The van der Waals surface area contributed by atoms with Crippen molar-refractivity contribution in [3.05, 3.63) is 48.0 Å². The number of nitrogens with one attached hydrogen (secondary N) is 1. The zero-order chi connectivity index (χ0) is 21.2. The second-order valence-corrected chi connectivity index (χ2v) is 8.82. The summed E-state index contributed by atoms with van der Waals surface area (Å²) < 4.78 is 10.8. The van der Waals surface area contributed by atoms with Crippen LogP contribution >= 0.6 is 11.8 Å². The van der Waals surface area contributed by atoms with Gasteiger partial charge in [-0.25, -0.2) is 0 Å². The Morgan fingerprint density at radius 3 is 2.52 bits per heavy atom. The van der Waals surface area contributed by atoms with Crippen LogP contribution in [0.3, 0.4) is 0 Å². The molecule has 1 heterocycles. The fraction of sp³-hybridized carbons (Fsp3) is 0.364. The number of rotatable bonds is 5. The zero-order valence-electron chi connectivity index (χ0n) is 17.3. The Bertz CT molecular complexity index is 923. The summed E-state index contributed by atoms with van der Waals surface area (Å²) in [5, 5.41) is 2.73. The molecule has 6 nitrogen and oxygen atoms in total. The van der Waals surface area contributed by atoms with Crippen LogP contribution < -0.4 is 19.7 Å². The van der Waals surface area contributed by atoms with E-state index in [0.717, 1.165) is 5.56 Å². The molecule has 1 fully saturated rings. The molecule has 0 aliphatic carbocycles. The van der Waals surface area contributed by atoms with E-state index >= 15 is 0 Å². The molecule has 2 amide bonds. The van der Waals surface area contributed by atoms with Gasteiger partial charge in [-0.2, -0.15) is 0 Å². The molecule has 0 saturated carbocycles. The molecule has 1 unspecified atom stereocenters. The number of nitrogens with zero attached hydrogens (tertiary/aromatic N) is 1. The zero-order valence-corrected chi connectivity index (χ0v) is 18.1.